The lowest BCUT2D eigenvalue weighted by Crippen LogP contribution is -2.36. The fraction of sp³-hybridized carbons (Fsp3) is 0.267. The number of rotatable bonds is 4. The highest BCUT2D eigenvalue weighted by molar-refractivity contribution is 7.13. The van der Waals surface area contributed by atoms with Crippen LogP contribution in [-0.2, 0) is 4.74 Å². The minimum atomic E-state index is -0.972. The molecule has 0 radical (unpaired) electrons. The van der Waals surface area contributed by atoms with E-state index in [4.69, 9.17) is 4.74 Å². The van der Waals surface area contributed by atoms with E-state index in [1.165, 1.54) is 23.6 Å². The molecule has 2 aromatic rings. The van der Waals surface area contributed by atoms with Crippen molar-refractivity contribution in [3.63, 3.8) is 0 Å². The summed E-state index contributed by atoms with van der Waals surface area (Å²) in [6.45, 7) is 2.75. The first-order valence-electron chi connectivity index (χ1n) is 7.20. The summed E-state index contributed by atoms with van der Waals surface area (Å²) < 4.78 is 31.2. The average Bonchev–Trinajstić information content (AvgIpc) is 3.09. The maximum Gasteiger partial charge on any atom is 0.290 e. The fourth-order valence-corrected chi connectivity index (χ4v) is 2.94. The van der Waals surface area contributed by atoms with Crippen LogP contribution in [-0.4, -0.2) is 43.4 Å². The highest BCUT2D eigenvalue weighted by atomic mass is 32.1. The number of hydrazone groups is 1. The largest absolute Gasteiger partial charge is 0.378 e. The maximum atomic E-state index is 13.1. The van der Waals surface area contributed by atoms with E-state index in [9.17, 15) is 13.6 Å². The van der Waals surface area contributed by atoms with E-state index in [1.807, 2.05) is 0 Å². The molecule has 2 heterocycles. The van der Waals surface area contributed by atoms with E-state index >= 15 is 0 Å². The quantitative estimate of drug-likeness (QED) is 0.675. The smallest absolute Gasteiger partial charge is 0.290 e. The number of thiazole rings is 1. The molecule has 1 N–H and O–H groups in total. The summed E-state index contributed by atoms with van der Waals surface area (Å²) in [4.78, 5) is 18.3. The highest BCUT2D eigenvalue weighted by Gasteiger charge is 2.17. The molecule has 1 amide bonds. The Kier molecular flexibility index (Phi) is 5.11. The van der Waals surface area contributed by atoms with Crippen molar-refractivity contribution in [2.24, 2.45) is 5.10 Å². The van der Waals surface area contributed by atoms with Gasteiger partial charge in [-0.25, -0.2) is 19.2 Å². The molecule has 0 atom stereocenters. The number of benzene rings is 1. The Balaban J connectivity index is 1.59. The Bertz CT molecular complexity index is 760. The van der Waals surface area contributed by atoms with Crippen molar-refractivity contribution in [1.82, 2.24) is 10.4 Å². The number of aromatic nitrogens is 1. The number of ether oxygens (including phenoxy) is 1. The lowest BCUT2D eigenvalue weighted by Gasteiger charge is -2.25. The van der Waals surface area contributed by atoms with E-state index in [0.717, 1.165) is 30.4 Å². The van der Waals surface area contributed by atoms with Gasteiger partial charge in [-0.1, -0.05) is 6.07 Å². The minimum absolute atomic E-state index is 0.254. The van der Waals surface area contributed by atoms with Gasteiger partial charge in [0.05, 0.1) is 19.4 Å². The van der Waals surface area contributed by atoms with Crippen LogP contribution in [0.5, 0.6) is 0 Å². The molecule has 1 aliphatic rings. The van der Waals surface area contributed by atoms with Crippen molar-refractivity contribution in [1.29, 1.82) is 0 Å². The van der Waals surface area contributed by atoms with Crippen LogP contribution in [0.3, 0.4) is 0 Å². The Morgan fingerprint density at radius 2 is 2.12 bits per heavy atom. The Labute approximate surface area is 140 Å². The molecule has 3 rings (SSSR count). The molecule has 1 fully saturated rings. The van der Waals surface area contributed by atoms with Crippen LogP contribution in [0.15, 0.2) is 28.7 Å². The van der Waals surface area contributed by atoms with Gasteiger partial charge in [0.1, 0.15) is 5.69 Å². The first-order chi connectivity index (χ1) is 11.6. The predicted molar refractivity (Wildman–Crippen MR) is 86.6 cm³/mol. The van der Waals surface area contributed by atoms with Gasteiger partial charge < -0.3 is 9.64 Å². The lowest BCUT2D eigenvalue weighted by atomic mass is 10.2. The molecule has 0 saturated carbocycles. The number of nitrogens with zero attached hydrogens (tertiary/aromatic N) is 3. The van der Waals surface area contributed by atoms with Crippen LogP contribution in [0.4, 0.5) is 13.9 Å². The molecule has 6 nitrogen and oxygen atoms in total. The molecule has 0 spiro atoms. The van der Waals surface area contributed by atoms with E-state index in [2.05, 4.69) is 20.4 Å². The molecule has 9 heteroatoms. The first kappa shape index (κ1) is 16.5. The molecule has 1 aromatic heterocycles. The third-order valence-electron chi connectivity index (χ3n) is 3.33. The Morgan fingerprint density at radius 1 is 1.33 bits per heavy atom. The summed E-state index contributed by atoms with van der Waals surface area (Å²) in [7, 11) is 0. The molecule has 0 aliphatic carbocycles. The van der Waals surface area contributed by atoms with Crippen molar-refractivity contribution >= 4 is 28.6 Å². The Morgan fingerprint density at radius 3 is 2.88 bits per heavy atom. The number of anilines is 1. The van der Waals surface area contributed by atoms with Crippen LogP contribution in [0.25, 0.3) is 0 Å². The summed E-state index contributed by atoms with van der Waals surface area (Å²) >= 11 is 1.37. The molecule has 0 bridgehead atoms. The van der Waals surface area contributed by atoms with Gasteiger partial charge in [0, 0.05) is 18.5 Å². The first-order valence-corrected chi connectivity index (χ1v) is 8.08. The second-order valence-corrected chi connectivity index (χ2v) is 5.82. The number of hydrogen-bond donors (Lipinski definition) is 1. The summed E-state index contributed by atoms with van der Waals surface area (Å²) in [5.74, 6) is -2.38. The number of hydrogen-bond acceptors (Lipinski definition) is 6. The number of carbonyl (C=O) groups is 1. The van der Waals surface area contributed by atoms with Gasteiger partial charge >= 0.3 is 0 Å². The summed E-state index contributed by atoms with van der Waals surface area (Å²) in [6, 6.07) is 3.34. The molecular weight excluding hydrogens is 338 g/mol. The van der Waals surface area contributed by atoms with Crippen molar-refractivity contribution in [2.75, 3.05) is 31.2 Å². The second kappa shape index (κ2) is 7.45. The minimum Gasteiger partial charge on any atom is -0.378 e. The second-order valence-electron chi connectivity index (χ2n) is 4.99. The average molecular weight is 352 g/mol. The zero-order valence-corrected chi connectivity index (χ0v) is 13.4. The molecule has 1 aromatic carbocycles. The van der Waals surface area contributed by atoms with Crippen LogP contribution in [0, 0.1) is 11.6 Å². The lowest BCUT2D eigenvalue weighted by molar-refractivity contribution is 0.0951. The van der Waals surface area contributed by atoms with Crippen molar-refractivity contribution in [3.05, 3.63) is 46.5 Å². The van der Waals surface area contributed by atoms with Gasteiger partial charge in [0.15, 0.2) is 16.8 Å². The molecule has 0 unspecified atom stereocenters. The zero-order chi connectivity index (χ0) is 16.9. The van der Waals surface area contributed by atoms with Crippen LogP contribution in [0.1, 0.15) is 16.1 Å². The topological polar surface area (TPSA) is 66.8 Å². The van der Waals surface area contributed by atoms with E-state index < -0.39 is 17.5 Å². The van der Waals surface area contributed by atoms with Crippen LogP contribution in [0.2, 0.25) is 0 Å². The van der Waals surface area contributed by atoms with Crippen LogP contribution < -0.4 is 10.3 Å². The molecule has 126 valence electrons. The van der Waals surface area contributed by atoms with Gasteiger partial charge in [0.2, 0.25) is 0 Å². The van der Waals surface area contributed by atoms with Gasteiger partial charge in [-0.2, -0.15) is 5.10 Å². The number of halogens is 2. The van der Waals surface area contributed by atoms with Crippen molar-refractivity contribution in [2.45, 2.75) is 0 Å². The monoisotopic (exact) mass is 352 g/mol. The summed E-state index contributed by atoms with van der Waals surface area (Å²) in [5, 5.41) is 6.13. The molecule has 24 heavy (non-hydrogen) atoms. The van der Waals surface area contributed by atoms with Gasteiger partial charge in [-0.15, -0.1) is 11.3 Å². The molecule has 1 saturated heterocycles. The third-order valence-corrected chi connectivity index (χ3v) is 4.23. The molecular formula is C15H14F2N4O2S. The molecule has 1 aliphatic heterocycles. The van der Waals surface area contributed by atoms with Gasteiger partial charge in [0.25, 0.3) is 5.91 Å². The predicted octanol–water partition coefficient (Wildman–Crippen LogP) is 2.02. The number of nitrogens with one attached hydrogen (secondary N) is 1. The third kappa shape index (κ3) is 3.92. The van der Waals surface area contributed by atoms with Crippen molar-refractivity contribution < 1.29 is 18.3 Å². The summed E-state index contributed by atoms with van der Waals surface area (Å²) in [6.07, 6.45) is 1.23. The van der Waals surface area contributed by atoms with E-state index in [-0.39, 0.29) is 5.69 Å². The van der Waals surface area contributed by atoms with Crippen molar-refractivity contribution in [3.8, 4) is 0 Å². The fourth-order valence-electron chi connectivity index (χ4n) is 2.08. The standard InChI is InChI=1S/C15H14F2N4O2S/c16-11-2-1-10(7-12(11)17)8-18-20-14(22)13-9-24-15(19-13)21-3-5-23-6-4-21/h1-2,7-9H,3-6H2,(H,20,22)/b18-8+. The highest BCUT2D eigenvalue weighted by Crippen LogP contribution is 2.21. The van der Waals surface area contributed by atoms with E-state index in [1.54, 1.807) is 5.38 Å². The van der Waals surface area contributed by atoms with Gasteiger partial charge in [-0.3, -0.25) is 4.79 Å². The summed E-state index contributed by atoms with van der Waals surface area (Å²) in [5.41, 5.74) is 2.90. The van der Waals surface area contributed by atoms with Gasteiger partial charge in [-0.05, 0) is 17.7 Å². The number of carbonyl (C=O) groups excluding carboxylic acids is 1. The Hall–Kier alpha value is -2.39. The number of morpholine rings is 1. The SMILES string of the molecule is O=C(N/N=C/c1ccc(F)c(F)c1)c1csc(N2CCOCC2)n1. The zero-order valence-electron chi connectivity index (χ0n) is 12.5. The van der Waals surface area contributed by atoms with Crippen LogP contribution >= 0.6 is 11.3 Å². The number of amides is 1. The maximum absolute atomic E-state index is 13.1. The van der Waals surface area contributed by atoms with E-state index in [0.29, 0.717) is 18.8 Å². The normalized spacial score (nSPS) is 15.0.